The molecule has 1 rings (SSSR count). The van der Waals surface area contributed by atoms with Crippen LogP contribution in [0.2, 0.25) is 0 Å². The Morgan fingerprint density at radius 2 is 2.00 bits per heavy atom. The van der Waals surface area contributed by atoms with Gasteiger partial charge in [0.1, 0.15) is 0 Å². The first-order valence-electron chi connectivity index (χ1n) is 5.84. The smallest absolute Gasteiger partial charge is 0.225 e. The maximum absolute atomic E-state index is 11.5. The van der Waals surface area contributed by atoms with Crippen molar-refractivity contribution in [3.63, 3.8) is 0 Å². The number of rotatable bonds is 6. The number of halogens is 1. The van der Waals surface area contributed by atoms with Gasteiger partial charge in [-0.15, -0.1) is 12.4 Å². The van der Waals surface area contributed by atoms with E-state index in [0.29, 0.717) is 19.6 Å². The molecule has 0 bridgehead atoms. The molecule has 0 saturated heterocycles. The highest BCUT2D eigenvalue weighted by molar-refractivity contribution is 5.91. The summed E-state index contributed by atoms with van der Waals surface area (Å²) < 4.78 is 5.29. The van der Waals surface area contributed by atoms with Gasteiger partial charge in [-0.2, -0.15) is 0 Å². The molecule has 0 aliphatic heterocycles. The van der Waals surface area contributed by atoms with Crippen LogP contribution in [0.5, 0.6) is 0 Å². The summed E-state index contributed by atoms with van der Waals surface area (Å²) in [7, 11) is 0. The van der Waals surface area contributed by atoms with Crippen LogP contribution in [0.1, 0.15) is 25.8 Å². The zero-order valence-electron chi connectivity index (χ0n) is 10.8. The lowest BCUT2D eigenvalue weighted by Gasteiger charge is -2.08. The summed E-state index contributed by atoms with van der Waals surface area (Å²) in [5.41, 5.74) is 7.43. The molecule has 1 unspecified atom stereocenters. The minimum Gasteiger partial charge on any atom is -0.377 e. The molecule has 0 aromatic heterocycles. The van der Waals surface area contributed by atoms with Crippen LogP contribution in [-0.2, 0) is 16.1 Å². The molecule has 1 amide bonds. The van der Waals surface area contributed by atoms with Crippen molar-refractivity contribution in [2.24, 2.45) is 5.73 Å². The average molecular weight is 273 g/mol. The lowest BCUT2D eigenvalue weighted by Crippen LogP contribution is -2.23. The summed E-state index contributed by atoms with van der Waals surface area (Å²) in [6.45, 7) is 5.07. The molecule has 1 aromatic rings. The minimum absolute atomic E-state index is 0. The molecule has 0 saturated carbocycles. The van der Waals surface area contributed by atoms with Crippen molar-refractivity contribution >= 4 is 24.0 Å². The third-order valence-electron chi connectivity index (χ3n) is 2.22. The topological polar surface area (TPSA) is 64.3 Å². The maximum Gasteiger partial charge on any atom is 0.225 e. The van der Waals surface area contributed by atoms with Crippen molar-refractivity contribution in [3.05, 3.63) is 29.8 Å². The number of benzene rings is 1. The molecule has 0 heterocycles. The van der Waals surface area contributed by atoms with Crippen LogP contribution in [0.4, 0.5) is 5.69 Å². The fourth-order valence-electron chi connectivity index (χ4n) is 1.41. The van der Waals surface area contributed by atoms with Crippen LogP contribution in [0.25, 0.3) is 0 Å². The molecule has 0 aliphatic rings. The summed E-state index contributed by atoms with van der Waals surface area (Å²) in [6, 6.07) is 7.50. The molecule has 4 nitrogen and oxygen atoms in total. The average Bonchev–Trinajstić information content (AvgIpc) is 2.27. The Balaban J connectivity index is 0.00000289. The van der Waals surface area contributed by atoms with Crippen molar-refractivity contribution in [2.45, 2.75) is 32.9 Å². The number of hydrogen-bond acceptors (Lipinski definition) is 3. The van der Waals surface area contributed by atoms with Crippen LogP contribution in [0, 0.1) is 0 Å². The van der Waals surface area contributed by atoms with Crippen molar-refractivity contribution < 1.29 is 9.53 Å². The van der Waals surface area contributed by atoms with Gasteiger partial charge in [-0.1, -0.05) is 12.1 Å². The van der Waals surface area contributed by atoms with Gasteiger partial charge in [0.15, 0.2) is 0 Å². The monoisotopic (exact) mass is 272 g/mol. The summed E-state index contributed by atoms with van der Waals surface area (Å²) >= 11 is 0. The van der Waals surface area contributed by atoms with E-state index in [-0.39, 0.29) is 24.4 Å². The standard InChI is InChI=1S/C13H20N2O2.ClH/c1-3-17-9-11-4-6-12(7-5-11)15-13(16)8-10(2)14;/h4-7,10H,3,8-9,14H2,1-2H3,(H,15,16);1H. The van der Waals surface area contributed by atoms with Crippen molar-refractivity contribution in [2.75, 3.05) is 11.9 Å². The van der Waals surface area contributed by atoms with Gasteiger partial charge in [-0.05, 0) is 31.5 Å². The molecular formula is C13H21ClN2O2. The Bertz CT molecular complexity index is 353. The first-order chi connectivity index (χ1) is 8.11. The van der Waals surface area contributed by atoms with E-state index in [0.717, 1.165) is 11.3 Å². The van der Waals surface area contributed by atoms with E-state index >= 15 is 0 Å². The molecule has 102 valence electrons. The number of nitrogens with one attached hydrogen (secondary N) is 1. The van der Waals surface area contributed by atoms with E-state index in [4.69, 9.17) is 10.5 Å². The lowest BCUT2D eigenvalue weighted by atomic mass is 10.2. The van der Waals surface area contributed by atoms with Gasteiger partial charge in [0.25, 0.3) is 0 Å². The second kappa shape index (κ2) is 8.91. The number of nitrogens with two attached hydrogens (primary N) is 1. The fraction of sp³-hybridized carbons (Fsp3) is 0.462. The third-order valence-corrected chi connectivity index (χ3v) is 2.22. The number of amides is 1. The maximum atomic E-state index is 11.5. The molecule has 5 heteroatoms. The third kappa shape index (κ3) is 6.59. The fourth-order valence-corrected chi connectivity index (χ4v) is 1.41. The Hall–Kier alpha value is -1.10. The number of ether oxygens (including phenoxy) is 1. The van der Waals surface area contributed by atoms with Gasteiger partial charge in [0, 0.05) is 24.8 Å². The first kappa shape index (κ1) is 16.9. The second-order valence-electron chi connectivity index (χ2n) is 4.06. The predicted octanol–water partition coefficient (Wildman–Crippen LogP) is 2.32. The van der Waals surface area contributed by atoms with Crippen LogP contribution in [0.15, 0.2) is 24.3 Å². The molecule has 0 aliphatic carbocycles. The molecular weight excluding hydrogens is 252 g/mol. The van der Waals surface area contributed by atoms with Gasteiger partial charge in [0.2, 0.25) is 5.91 Å². The number of carbonyl (C=O) groups excluding carboxylic acids is 1. The molecule has 1 aromatic carbocycles. The molecule has 3 N–H and O–H groups in total. The van der Waals surface area contributed by atoms with Crippen molar-refractivity contribution in [3.8, 4) is 0 Å². The normalized spacial score (nSPS) is 11.5. The SMILES string of the molecule is CCOCc1ccc(NC(=O)CC(C)N)cc1.Cl. The summed E-state index contributed by atoms with van der Waals surface area (Å²) in [5, 5.41) is 2.80. The van der Waals surface area contributed by atoms with Crippen LogP contribution in [-0.4, -0.2) is 18.6 Å². The number of anilines is 1. The van der Waals surface area contributed by atoms with Gasteiger partial charge in [0.05, 0.1) is 6.61 Å². The van der Waals surface area contributed by atoms with E-state index in [1.165, 1.54) is 0 Å². The van der Waals surface area contributed by atoms with Gasteiger partial charge in [-0.25, -0.2) is 0 Å². The number of carbonyl (C=O) groups is 1. The first-order valence-corrected chi connectivity index (χ1v) is 5.84. The molecule has 18 heavy (non-hydrogen) atoms. The van der Waals surface area contributed by atoms with E-state index < -0.39 is 0 Å². The van der Waals surface area contributed by atoms with E-state index in [1.54, 1.807) is 0 Å². The van der Waals surface area contributed by atoms with Crippen molar-refractivity contribution in [1.82, 2.24) is 0 Å². The van der Waals surface area contributed by atoms with Gasteiger partial charge < -0.3 is 15.8 Å². The summed E-state index contributed by atoms with van der Waals surface area (Å²) in [6.07, 6.45) is 0.334. The van der Waals surface area contributed by atoms with Crippen molar-refractivity contribution in [1.29, 1.82) is 0 Å². The van der Waals surface area contributed by atoms with Gasteiger partial charge >= 0.3 is 0 Å². The highest BCUT2D eigenvalue weighted by atomic mass is 35.5. The quantitative estimate of drug-likeness (QED) is 0.835. The summed E-state index contributed by atoms with van der Waals surface area (Å²) in [5.74, 6) is -0.0578. The zero-order valence-corrected chi connectivity index (χ0v) is 11.6. The van der Waals surface area contributed by atoms with E-state index in [9.17, 15) is 4.79 Å². The second-order valence-corrected chi connectivity index (χ2v) is 4.06. The Labute approximate surface area is 114 Å². The van der Waals surface area contributed by atoms with E-state index in [1.807, 2.05) is 38.1 Å². The zero-order chi connectivity index (χ0) is 12.7. The Morgan fingerprint density at radius 1 is 1.39 bits per heavy atom. The Kier molecular flexibility index (Phi) is 8.37. The number of hydrogen-bond donors (Lipinski definition) is 2. The lowest BCUT2D eigenvalue weighted by molar-refractivity contribution is -0.116. The van der Waals surface area contributed by atoms with E-state index in [2.05, 4.69) is 5.32 Å². The van der Waals surface area contributed by atoms with Crippen LogP contribution >= 0.6 is 12.4 Å². The predicted molar refractivity (Wildman–Crippen MR) is 75.9 cm³/mol. The highest BCUT2D eigenvalue weighted by Gasteiger charge is 2.05. The molecule has 0 fully saturated rings. The van der Waals surface area contributed by atoms with Gasteiger partial charge in [-0.3, -0.25) is 4.79 Å². The molecule has 1 atom stereocenters. The van der Waals surface area contributed by atoms with Crippen LogP contribution in [0.3, 0.4) is 0 Å². The summed E-state index contributed by atoms with van der Waals surface area (Å²) in [4.78, 5) is 11.5. The minimum atomic E-state index is -0.118. The molecule has 0 spiro atoms. The molecule has 0 radical (unpaired) electrons. The Morgan fingerprint density at radius 3 is 2.50 bits per heavy atom. The highest BCUT2D eigenvalue weighted by Crippen LogP contribution is 2.10. The van der Waals surface area contributed by atoms with Crippen LogP contribution < -0.4 is 11.1 Å². The largest absolute Gasteiger partial charge is 0.377 e.